The molecule has 0 spiro atoms. The van der Waals surface area contributed by atoms with Crippen LogP contribution in [-0.2, 0) is 9.59 Å². The Morgan fingerprint density at radius 2 is 2.00 bits per heavy atom. The second kappa shape index (κ2) is 5.13. The van der Waals surface area contributed by atoms with Crippen LogP contribution in [0.1, 0.15) is 24.4 Å². The highest BCUT2D eigenvalue weighted by Crippen LogP contribution is 2.48. The van der Waals surface area contributed by atoms with Crippen LogP contribution in [0.5, 0.6) is 0 Å². The van der Waals surface area contributed by atoms with Gasteiger partial charge in [0.15, 0.2) is 0 Å². The topological polar surface area (TPSA) is 49.4 Å². The normalized spacial score (nSPS) is 24.4. The molecule has 1 N–H and O–H groups in total. The summed E-state index contributed by atoms with van der Waals surface area (Å²) in [6.45, 7) is 0.869. The van der Waals surface area contributed by atoms with Gasteiger partial charge in [0.2, 0.25) is 11.8 Å². The Kier molecular flexibility index (Phi) is 3.46. The predicted octanol–water partition coefficient (Wildman–Crippen LogP) is 1.58. The molecule has 1 heterocycles. The molecule has 1 atom stereocenters. The zero-order valence-electron chi connectivity index (χ0n) is 11.5. The van der Waals surface area contributed by atoms with Crippen molar-refractivity contribution in [3.05, 3.63) is 35.9 Å². The lowest BCUT2D eigenvalue weighted by atomic mass is 10.0. The van der Waals surface area contributed by atoms with E-state index in [1.165, 1.54) is 0 Å². The van der Waals surface area contributed by atoms with Crippen molar-refractivity contribution in [1.29, 1.82) is 0 Å². The maximum Gasteiger partial charge on any atom is 0.250 e. The van der Waals surface area contributed by atoms with Crippen LogP contribution in [-0.4, -0.2) is 40.8 Å². The van der Waals surface area contributed by atoms with Gasteiger partial charge < -0.3 is 10.2 Å². The van der Waals surface area contributed by atoms with Crippen molar-refractivity contribution in [3.8, 4) is 0 Å². The van der Waals surface area contributed by atoms with Crippen LogP contribution in [0, 0.1) is 0 Å². The third-order valence-corrected chi connectivity index (χ3v) is 5.45. The minimum Gasteiger partial charge on any atom is -0.339 e. The molecule has 1 saturated carbocycles. The molecule has 1 aromatic rings. The summed E-state index contributed by atoms with van der Waals surface area (Å²) in [7, 11) is 0. The largest absolute Gasteiger partial charge is 0.339 e. The lowest BCUT2D eigenvalue weighted by Gasteiger charge is -2.34. The lowest BCUT2D eigenvalue weighted by molar-refractivity contribution is -0.144. The fraction of sp³-hybridized carbons (Fsp3) is 0.467. The average molecular weight is 290 g/mol. The Morgan fingerprint density at radius 1 is 1.30 bits per heavy atom. The summed E-state index contributed by atoms with van der Waals surface area (Å²) in [6.07, 6.45) is 4.35. The maximum atomic E-state index is 12.6. The van der Waals surface area contributed by atoms with Crippen LogP contribution in [0.15, 0.2) is 30.3 Å². The number of amides is 2. The Balaban J connectivity index is 1.79. The highest BCUT2D eigenvalue weighted by molar-refractivity contribution is 8.00. The number of nitrogens with one attached hydrogen (secondary N) is 1. The van der Waals surface area contributed by atoms with Crippen molar-refractivity contribution in [3.63, 3.8) is 0 Å². The summed E-state index contributed by atoms with van der Waals surface area (Å²) in [6, 6.07) is 8.91. The second-order valence-corrected chi connectivity index (χ2v) is 6.77. The van der Waals surface area contributed by atoms with Crippen molar-refractivity contribution in [2.24, 2.45) is 0 Å². The van der Waals surface area contributed by atoms with E-state index in [1.807, 2.05) is 30.3 Å². The molecule has 20 heavy (non-hydrogen) atoms. The number of carbonyl (C=O) groups excluding carboxylic acids is 2. The average Bonchev–Trinajstić information content (AvgIpc) is 3.24. The Labute approximate surface area is 122 Å². The summed E-state index contributed by atoms with van der Waals surface area (Å²) in [4.78, 5) is 26.2. The number of hydrogen-bond acceptors (Lipinski definition) is 3. The highest BCUT2D eigenvalue weighted by atomic mass is 32.2. The number of nitrogens with zero attached hydrogens (tertiary/aromatic N) is 1. The van der Waals surface area contributed by atoms with E-state index in [0.717, 1.165) is 18.4 Å². The molecule has 5 heteroatoms. The van der Waals surface area contributed by atoms with E-state index in [1.54, 1.807) is 16.7 Å². The molecule has 0 aromatic heterocycles. The molecule has 0 bridgehead atoms. The van der Waals surface area contributed by atoms with Crippen LogP contribution in [0.3, 0.4) is 0 Å². The molecule has 4 nitrogen and oxygen atoms in total. The van der Waals surface area contributed by atoms with Crippen LogP contribution in [0.25, 0.3) is 0 Å². The molecular weight excluding hydrogens is 272 g/mol. The van der Waals surface area contributed by atoms with Crippen molar-refractivity contribution in [1.82, 2.24) is 10.2 Å². The maximum absolute atomic E-state index is 12.6. The molecule has 0 radical (unpaired) electrons. The van der Waals surface area contributed by atoms with Gasteiger partial charge in [0.05, 0.1) is 6.54 Å². The zero-order valence-corrected chi connectivity index (χ0v) is 12.3. The lowest BCUT2D eigenvalue weighted by Crippen LogP contribution is -2.55. The summed E-state index contributed by atoms with van der Waals surface area (Å²) >= 11 is 1.81. The summed E-state index contributed by atoms with van der Waals surface area (Å²) in [5.41, 5.74) is 0.851. The van der Waals surface area contributed by atoms with E-state index in [-0.39, 0.29) is 23.1 Å². The summed E-state index contributed by atoms with van der Waals surface area (Å²) in [5, 5.41) is 2.80. The van der Waals surface area contributed by atoms with Gasteiger partial charge in [-0.1, -0.05) is 30.3 Å². The Morgan fingerprint density at radius 3 is 2.60 bits per heavy atom. The van der Waals surface area contributed by atoms with Crippen LogP contribution in [0.4, 0.5) is 0 Å². The van der Waals surface area contributed by atoms with E-state index < -0.39 is 6.04 Å². The van der Waals surface area contributed by atoms with E-state index in [4.69, 9.17) is 0 Å². The molecule has 2 amide bonds. The molecule has 1 aromatic carbocycles. The molecule has 3 rings (SSSR count). The van der Waals surface area contributed by atoms with Gasteiger partial charge in [0, 0.05) is 11.3 Å². The third kappa shape index (κ3) is 2.54. The number of piperazine rings is 1. The zero-order chi connectivity index (χ0) is 14.2. The summed E-state index contributed by atoms with van der Waals surface area (Å²) < 4.78 is 0.189. The van der Waals surface area contributed by atoms with Crippen molar-refractivity contribution in [2.45, 2.75) is 23.6 Å². The van der Waals surface area contributed by atoms with Crippen molar-refractivity contribution < 1.29 is 9.59 Å². The van der Waals surface area contributed by atoms with Crippen molar-refractivity contribution in [2.75, 3.05) is 19.3 Å². The minimum atomic E-state index is -0.532. The smallest absolute Gasteiger partial charge is 0.250 e. The minimum absolute atomic E-state index is 0.0103. The van der Waals surface area contributed by atoms with E-state index >= 15 is 0 Å². The Bertz CT molecular complexity index is 528. The van der Waals surface area contributed by atoms with Gasteiger partial charge in [-0.25, -0.2) is 0 Å². The van der Waals surface area contributed by atoms with Gasteiger partial charge in [-0.2, -0.15) is 11.8 Å². The predicted molar refractivity (Wildman–Crippen MR) is 79.4 cm³/mol. The Hall–Kier alpha value is -1.49. The van der Waals surface area contributed by atoms with Gasteiger partial charge in [0.25, 0.3) is 0 Å². The molecule has 2 fully saturated rings. The molecule has 1 aliphatic carbocycles. The second-order valence-electron chi connectivity index (χ2n) is 5.49. The third-order valence-electron chi connectivity index (χ3n) is 4.05. The number of rotatable bonds is 4. The fourth-order valence-corrected chi connectivity index (χ4v) is 3.42. The van der Waals surface area contributed by atoms with Crippen LogP contribution < -0.4 is 5.32 Å². The quantitative estimate of drug-likeness (QED) is 0.916. The van der Waals surface area contributed by atoms with Crippen molar-refractivity contribution >= 4 is 23.6 Å². The molecule has 2 aliphatic rings. The van der Waals surface area contributed by atoms with Crippen LogP contribution >= 0.6 is 11.8 Å². The number of thioether (sulfide) groups is 1. The van der Waals surface area contributed by atoms with E-state index in [0.29, 0.717) is 6.54 Å². The van der Waals surface area contributed by atoms with Gasteiger partial charge in [-0.05, 0) is 24.7 Å². The van der Waals surface area contributed by atoms with Gasteiger partial charge in [0.1, 0.15) is 6.04 Å². The van der Waals surface area contributed by atoms with E-state index in [9.17, 15) is 9.59 Å². The first-order valence-electron chi connectivity index (χ1n) is 6.82. The van der Waals surface area contributed by atoms with Crippen LogP contribution in [0.2, 0.25) is 0 Å². The number of benzene rings is 1. The monoisotopic (exact) mass is 290 g/mol. The number of carbonyl (C=O) groups is 2. The first kappa shape index (κ1) is 13.5. The number of hydrogen-bond donors (Lipinski definition) is 1. The van der Waals surface area contributed by atoms with Gasteiger partial charge in [-0.15, -0.1) is 0 Å². The SMILES string of the molecule is CSC1(CN2CC(=O)NC(c3ccccc3)C2=O)CC1. The molecular formula is C15H18N2O2S. The fourth-order valence-electron chi connectivity index (χ4n) is 2.62. The van der Waals surface area contributed by atoms with E-state index in [2.05, 4.69) is 11.6 Å². The van der Waals surface area contributed by atoms with Gasteiger partial charge >= 0.3 is 0 Å². The highest BCUT2D eigenvalue weighted by Gasteiger charge is 2.46. The standard InChI is InChI=1S/C15H18N2O2S/c1-20-15(7-8-15)10-17-9-12(18)16-13(14(17)19)11-5-3-2-4-6-11/h2-6,13H,7-10H2,1H3,(H,16,18). The summed E-state index contributed by atoms with van der Waals surface area (Å²) in [5.74, 6) is -0.0634. The first-order valence-corrected chi connectivity index (χ1v) is 8.04. The first-order chi connectivity index (χ1) is 9.63. The molecule has 1 saturated heterocycles. The molecule has 106 valence electrons. The van der Waals surface area contributed by atoms with Gasteiger partial charge in [-0.3, -0.25) is 9.59 Å². The molecule has 1 aliphatic heterocycles. The molecule has 1 unspecified atom stereocenters.